The molecule has 0 aromatic carbocycles. The fourth-order valence-corrected chi connectivity index (χ4v) is 2.49. The molecule has 0 radical (unpaired) electrons. The molecule has 0 spiro atoms. The molecule has 1 saturated carbocycles. The third-order valence-electron chi connectivity index (χ3n) is 3.86. The van der Waals surface area contributed by atoms with Crippen LogP contribution in [-0.2, 0) is 4.74 Å². The number of anilines is 1. The number of hydrogen-bond acceptors (Lipinski definition) is 3. The van der Waals surface area contributed by atoms with Crippen molar-refractivity contribution in [3.05, 3.63) is 23.9 Å². The van der Waals surface area contributed by atoms with Crippen molar-refractivity contribution in [2.45, 2.75) is 38.7 Å². The summed E-state index contributed by atoms with van der Waals surface area (Å²) in [5, 5.41) is 0. The molecule has 3 nitrogen and oxygen atoms in total. The van der Waals surface area contributed by atoms with Gasteiger partial charge in [-0.25, -0.2) is 4.98 Å². The van der Waals surface area contributed by atoms with Gasteiger partial charge in [0.25, 0.3) is 0 Å². The predicted molar refractivity (Wildman–Crippen MR) is 72.9 cm³/mol. The maximum Gasteiger partial charge on any atom is 0.128 e. The molecule has 1 aromatic rings. The van der Waals surface area contributed by atoms with Gasteiger partial charge >= 0.3 is 0 Å². The Labute approximate surface area is 109 Å². The van der Waals surface area contributed by atoms with E-state index in [0.29, 0.717) is 6.10 Å². The van der Waals surface area contributed by atoms with E-state index in [-0.39, 0.29) is 0 Å². The van der Waals surface area contributed by atoms with Crippen molar-refractivity contribution in [2.75, 3.05) is 24.6 Å². The van der Waals surface area contributed by atoms with E-state index in [1.165, 1.54) is 31.2 Å². The van der Waals surface area contributed by atoms with Crippen LogP contribution < -0.4 is 4.90 Å². The number of hydrogen-bond donors (Lipinski definition) is 0. The fourth-order valence-electron chi connectivity index (χ4n) is 2.49. The van der Waals surface area contributed by atoms with Gasteiger partial charge in [0.1, 0.15) is 5.82 Å². The van der Waals surface area contributed by atoms with Crippen LogP contribution in [0.15, 0.2) is 18.3 Å². The molecule has 0 N–H and O–H groups in total. The molecule has 0 amide bonds. The number of aromatic nitrogens is 1. The van der Waals surface area contributed by atoms with Crippen molar-refractivity contribution >= 4 is 5.82 Å². The fraction of sp³-hybridized carbons (Fsp3) is 0.667. The van der Waals surface area contributed by atoms with E-state index >= 15 is 0 Å². The highest BCUT2D eigenvalue weighted by molar-refractivity contribution is 5.39. The van der Waals surface area contributed by atoms with Gasteiger partial charge in [0.05, 0.1) is 6.10 Å². The summed E-state index contributed by atoms with van der Waals surface area (Å²) in [5.74, 6) is 1.96. The number of nitrogens with zero attached hydrogens (tertiary/aromatic N) is 2. The molecule has 2 fully saturated rings. The van der Waals surface area contributed by atoms with E-state index in [2.05, 4.69) is 28.9 Å². The van der Waals surface area contributed by atoms with Gasteiger partial charge in [0.15, 0.2) is 0 Å². The predicted octanol–water partition coefficient (Wildman–Crippen LogP) is 2.79. The molecule has 3 heteroatoms. The summed E-state index contributed by atoms with van der Waals surface area (Å²) in [4.78, 5) is 6.88. The number of piperidine rings is 1. The molecule has 2 aliphatic rings. The van der Waals surface area contributed by atoms with Crippen molar-refractivity contribution in [3.63, 3.8) is 0 Å². The second-order valence-electron chi connectivity index (χ2n) is 5.68. The van der Waals surface area contributed by atoms with Gasteiger partial charge in [0, 0.05) is 25.9 Å². The van der Waals surface area contributed by atoms with Crippen LogP contribution in [-0.4, -0.2) is 30.8 Å². The van der Waals surface area contributed by atoms with Crippen molar-refractivity contribution < 1.29 is 4.74 Å². The molecule has 3 rings (SSSR count). The lowest BCUT2D eigenvalue weighted by Gasteiger charge is -2.33. The van der Waals surface area contributed by atoms with Crippen LogP contribution in [0.25, 0.3) is 0 Å². The second kappa shape index (κ2) is 5.27. The summed E-state index contributed by atoms with van der Waals surface area (Å²) in [6.07, 6.45) is 7.51. The first-order valence-electron chi connectivity index (χ1n) is 7.10. The summed E-state index contributed by atoms with van der Waals surface area (Å²) in [6.45, 7) is 5.16. The first-order chi connectivity index (χ1) is 8.81. The van der Waals surface area contributed by atoms with E-state index in [9.17, 15) is 0 Å². The number of pyridine rings is 1. The van der Waals surface area contributed by atoms with Crippen LogP contribution in [0, 0.1) is 12.8 Å². The highest BCUT2D eigenvalue weighted by Gasteiger charge is 2.26. The quantitative estimate of drug-likeness (QED) is 0.817. The normalized spacial score (nSPS) is 24.3. The minimum absolute atomic E-state index is 0.405. The summed E-state index contributed by atoms with van der Waals surface area (Å²) in [7, 11) is 0. The highest BCUT2D eigenvalue weighted by Crippen LogP contribution is 2.30. The van der Waals surface area contributed by atoms with E-state index in [0.717, 1.165) is 31.4 Å². The Morgan fingerprint density at radius 2 is 2.22 bits per heavy atom. The Hall–Kier alpha value is -1.09. The first kappa shape index (κ1) is 12.0. The largest absolute Gasteiger partial charge is 0.376 e. The van der Waals surface area contributed by atoms with E-state index in [1.807, 2.05) is 6.20 Å². The lowest BCUT2D eigenvalue weighted by atomic mass is 10.1. The third-order valence-corrected chi connectivity index (χ3v) is 3.86. The zero-order valence-corrected chi connectivity index (χ0v) is 11.1. The van der Waals surface area contributed by atoms with Gasteiger partial charge in [-0.05, 0) is 50.2 Å². The van der Waals surface area contributed by atoms with Crippen LogP contribution in [0.2, 0.25) is 0 Å². The number of ether oxygens (including phenoxy) is 1. The molecule has 1 saturated heterocycles. The first-order valence-corrected chi connectivity index (χ1v) is 7.10. The Kier molecular flexibility index (Phi) is 3.50. The average molecular weight is 246 g/mol. The zero-order valence-electron chi connectivity index (χ0n) is 11.1. The average Bonchev–Trinajstić information content (AvgIpc) is 3.22. The topological polar surface area (TPSA) is 25.4 Å². The Morgan fingerprint density at radius 1 is 1.33 bits per heavy atom. The minimum atomic E-state index is 0.405. The van der Waals surface area contributed by atoms with Gasteiger partial charge in [-0.15, -0.1) is 0 Å². The third kappa shape index (κ3) is 3.02. The molecule has 0 unspecified atom stereocenters. The maximum absolute atomic E-state index is 6.01. The van der Waals surface area contributed by atoms with Gasteiger partial charge in [-0.1, -0.05) is 6.07 Å². The lowest BCUT2D eigenvalue weighted by Crippen LogP contribution is -2.40. The monoisotopic (exact) mass is 246 g/mol. The van der Waals surface area contributed by atoms with Gasteiger partial charge in [-0.2, -0.15) is 0 Å². The van der Waals surface area contributed by atoms with Crippen LogP contribution >= 0.6 is 0 Å². The van der Waals surface area contributed by atoms with Gasteiger partial charge in [0.2, 0.25) is 0 Å². The van der Waals surface area contributed by atoms with Gasteiger partial charge < -0.3 is 9.64 Å². The minimum Gasteiger partial charge on any atom is -0.376 e. The maximum atomic E-state index is 6.01. The Balaban J connectivity index is 1.56. The zero-order chi connectivity index (χ0) is 12.4. The summed E-state index contributed by atoms with van der Waals surface area (Å²) in [5.41, 5.74) is 1.22. The van der Waals surface area contributed by atoms with Crippen LogP contribution in [0.5, 0.6) is 0 Å². The van der Waals surface area contributed by atoms with E-state index in [4.69, 9.17) is 4.74 Å². The molecule has 1 atom stereocenters. The SMILES string of the molecule is Cc1ccc(N2CCC[C@H](OCC3CC3)C2)nc1. The van der Waals surface area contributed by atoms with Gasteiger partial charge in [-0.3, -0.25) is 0 Å². The summed E-state index contributed by atoms with van der Waals surface area (Å²) < 4.78 is 6.01. The van der Waals surface area contributed by atoms with Crippen LogP contribution in [0.1, 0.15) is 31.2 Å². The van der Waals surface area contributed by atoms with Crippen LogP contribution in [0.4, 0.5) is 5.82 Å². The van der Waals surface area contributed by atoms with Crippen LogP contribution in [0.3, 0.4) is 0 Å². The highest BCUT2D eigenvalue weighted by atomic mass is 16.5. The molecular formula is C15H22N2O. The molecule has 1 aliphatic carbocycles. The molecule has 1 aromatic heterocycles. The van der Waals surface area contributed by atoms with E-state index < -0.39 is 0 Å². The number of aryl methyl sites for hydroxylation is 1. The smallest absolute Gasteiger partial charge is 0.128 e. The van der Waals surface area contributed by atoms with Crippen molar-refractivity contribution in [1.29, 1.82) is 0 Å². The molecular weight excluding hydrogens is 224 g/mol. The van der Waals surface area contributed by atoms with Crippen molar-refractivity contribution in [3.8, 4) is 0 Å². The molecule has 2 heterocycles. The Morgan fingerprint density at radius 3 is 2.94 bits per heavy atom. The Bertz CT molecular complexity index is 386. The van der Waals surface area contributed by atoms with Crippen molar-refractivity contribution in [2.24, 2.45) is 5.92 Å². The molecule has 18 heavy (non-hydrogen) atoms. The summed E-state index contributed by atoms with van der Waals surface area (Å²) >= 11 is 0. The van der Waals surface area contributed by atoms with E-state index in [1.54, 1.807) is 0 Å². The number of rotatable bonds is 4. The molecule has 98 valence electrons. The standard InChI is InChI=1S/C15H22N2O/c1-12-4-7-15(16-9-12)17-8-2-3-14(10-17)18-11-13-5-6-13/h4,7,9,13-14H,2-3,5-6,8,10-11H2,1H3/t14-/m0/s1. The molecule has 0 bridgehead atoms. The van der Waals surface area contributed by atoms with Crippen molar-refractivity contribution in [1.82, 2.24) is 4.98 Å². The lowest BCUT2D eigenvalue weighted by molar-refractivity contribution is 0.0367. The molecule has 1 aliphatic heterocycles. The summed E-state index contributed by atoms with van der Waals surface area (Å²) in [6, 6.07) is 4.26. The second-order valence-corrected chi connectivity index (χ2v) is 5.68.